The quantitative estimate of drug-likeness (QED) is 0.503. The van der Waals surface area contributed by atoms with E-state index < -0.39 is 23.7 Å². The number of amides is 3. The highest BCUT2D eigenvalue weighted by Crippen LogP contribution is 2.36. The van der Waals surface area contributed by atoms with Crippen LogP contribution in [0.15, 0.2) is 52.7 Å². The first-order valence-electron chi connectivity index (χ1n) is 11.7. The van der Waals surface area contributed by atoms with Crippen LogP contribution in [0.2, 0.25) is 0 Å². The zero-order chi connectivity index (χ0) is 25.6. The van der Waals surface area contributed by atoms with E-state index in [0.29, 0.717) is 22.4 Å². The molecule has 0 radical (unpaired) electrons. The molecule has 0 aromatic heterocycles. The summed E-state index contributed by atoms with van der Waals surface area (Å²) >= 11 is 0. The Morgan fingerprint density at radius 1 is 1.14 bits per heavy atom. The Labute approximate surface area is 206 Å². The molecule has 2 atom stereocenters. The number of aliphatic hydroxyl groups excluding tert-OH is 1. The van der Waals surface area contributed by atoms with Crippen LogP contribution in [-0.2, 0) is 20.9 Å². The lowest BCUT2D eigenvalue weighted by Gasteiger charge is -2.29. The molecule has 0 spiro atoms. The van der Waals surface area contributed by atoms with Crippen molar-refractivity contribution in [1.82, 2.24) is 10.2 Å². The predicted octanol–water partition coefficient (Wildman–Crippen LogP) is 3.56. The lowest BCUT2D eigenvalue weighted by molar-refractivity contribution is -0.137. The second kappa shape index (κ2) is 9.14. The Bertz CT molecular complexity index is 1380. The molecule has 2 N–H and O–H groups in total. The number of aliphatic hydroxyl groups is 1. The van der Waals surface area contributed by atoms with E-state index >= 15 is 0 Å². The van der Waals surface area contributed by atoms with Crippen LogP contribution in [0.5, 0.6) is 0 Å². The van der Waals surface area contributed by atoms with E-state index in [0.717, 1.165) is 5.56 Å². The maximum Gasteiger partial charge on any atom is 0.255 e. The number of imide groups is 1. The standard InChI is InChI=1S/C27H24FN3O5/c1-14-5-6-20(28)17(9-14)15-10-23(32)18(24(33)11-15)12-29-21-4-2-3-16-19(21)13-31(27(16)36)22-7-8-25(34)30-26(22)35/h2-6,9,12,15,22,32H,7-8,10-11,13H2,1H3,(H,30,34,35). The van der Waals surface area contributed by atoms with Crippen molar-refractivity contribution >= 4 is 35.4 Å². The monoisotopic (exact) mass is 489 g/mol. The number of allylic oxidation sites excluding steroid dienone is 2. The van der Waals surface area contributed by atoms with Crippen LogP contribution in [0.1, 0.15) is 58.6 Å². The third-order valence-electron chi connectivity index (χ3n) is 6.96. The largest absolute Gasteiger partial charge is 0.511 e. The summed E-state index contributed by atoms with van der Waals surface area (Å²) in [7, 11) is 0. The minimum Gasteiger partial charge on any atom is -0.511 e. The smallest absolute Gasteiger partial charge is 0.255 e. The van der Waals surface area contributed by atoms with Gasteiger partial charge in [0.25, 0.3) is 5.91 Å². The molecule has 8 nitrogen and oxygen atoms in total. The van der Waals surface area contributed by atoms with Gasteiger partial charge in [0.05, 0.1) is 11.3 Å². The highest BCUT2D eigenvalue weighted by Gasteiger charge is 2.40. The van der Waals surface area contributed by atoms with Crippen molar-refractivity contribution in [3.63, 3.8) is 0 Å². The van der Waals surface area contributed by atoms with E-state index in [4.69, 9.17) is 0 Å². The van der Waals surface area contributed by atoms with Crippen molar-refractivity contribution < 1.29 is 28.7 Å². The molecule has 2 heterocycles. The fraction of sp³-hybridized carbons (Fsp3) is 0.296. The van der Waals surface area contributed by atoms with Gasteiger partial charge in [-0.15, -0.1) is 0 Å². The molecule has 2 aromatic rings. The van der Waals surface area contributed by atoms with Crippen molar-refractivity contribution in [2.75, 3.05) is 0 Å². The molecule has 0 bridgehead atoms. The summed E-state index contributed by atoms with van der Waals surface area (Å²) in [6.07, 6.45) is 1.85. The number of nitrogens with zero attached hydrogens (tertiary/aromatic N) is 2. The van der Waals surface area contributed by atoms with Gasteiger partial charge in [-0.2, -0.15) is 0 Å². The van der Waals surface area contributed by atoms with Crippen LogP contribution in [0.3, 0.4) is 0 Å². The van der Waals surface area contributed by atoms with E-state index in [2.05, 4.69) is 10.3 Å². The summed E-state index contributed by atoms with van der Waals surface area (Å²) in [5.74, 6) is -2.56. The zero-order valence-corrected chi connectivity index (χ0v) is 19.6. The summed E-state index contributed by atoms with van der Waals surface area (Å²) in [6.45, 7) is 1.98. The van der Waals surface area contributed by atoms with Crippen LogP contribution in [0.4, 0.5) is 10.1 Å². The highest BCUT2D eigenvalue weighted by atomic mass is 19.1. The van der Waals surface area contributed by atoms with Gasteiger partial charge < -0.3 is 10.0 Å². The molecule has 1 aliphatic carbocycles. The Kier molecular flexibility index (Phi) is 5.99. The second-order valence-electron chi connectivity index (χ2n) is 9.38. The highest BCUT2D eigenvalue weighted by molar-refractivity contribution is 6.15. The molecule has 3 amide bonds. The first kappa shape index (κ1) is 23.6. The number of nitrogens with one attached hydrogen (secondary N) is 1. The molecule has 2 aliphatic heterocycles. The van der Waals surface area contributed by atoms with Gasteiger partial charge in [-0.25, -0.2) is 4.39 Å². The summed E-state index contributed by atoms with van der Waals surface area (Å²) in [6, 6.07) is 8.95. The van der Waals surface area contributed by atoms with Gasteiger partial charge in [0.1, 0.15) is 17.6 Å². The first-order valence-corrected chi connectivity index (χ1v) is 11.7. The fourth-order valence-corrected chi connectivity index (χ4v) is 5.08. The van der Waals surface area contributed by atoms with E-state index in [9.17, 15) is 28.7 Å². The van der Waals surface area contributed by atoms with Crippen LogP contribution in [0, 0.1) is 12.7 Å². The van der Waals surface area contributed by atoms with Crippen LogP contribution < -0.4 is 5.32 Å². The average Bonchev–Trinajstić information content (AvgIpc) is 3.17. The van der Waals surface area contributed by atoms with Crippen LogP contribution in [0.25, 0.3) is 0 Å². The van der Waals surface area contributed by atoms with Gasteiger partial charge in [-0.05, 0) is 37.1 Å². The van der Waals surface area contributed by atoms with Crippen LogP contribution in [-0.4, -0.2) is 45.8 Å². The van der Waals surface area contributed by atoms with E-state index in [1.807, 2.05) is 6.92 Å². The number of carbonyl (C=O) groups excluding carboxylic acids is 4. The van der Waals surface area contributed by atoms with Gasteiger partial charge in [-0.1, -0.05) is 23.8 Å². The normalized spacial score (nSPS) is 22.4. The molecule has 0 saturated carbocycles. The molecular weight excluding hydrogens is 465 g/mol. The van der Waals surface area contributed by atoms with Crippen molar-refractivity contribution in [3.8, 4) is 0 Å². The molecule has 1 saturated heterocycles. The van der Waals surface area contributed by atoms with E-state index in [1.165, 1.54) is 17.2 Å². The number of ketones is 1. The first-order chi connectivity index (χ1) is 17.2. The predicted molar refractivity (Wildman–Crippen MR) is 128 cm³/mol. The molecular formula is C27H24FN3O5. The number of hydrogen-bond donors (Lipinski definition) is 2. The number of piperidine rings is 1. The number of aliphatic imine (C=N–C) groups is 1. The fourth-order valence-electron chi connectivity index (χ4n) is 5.08. The summed E-state index contributed by atoms with van der Waals surface area (Å²) in [5, 5.41) is 12.9. The lowest BCUT2D eigenvalue weighted by atomic mass is 9.82. The third kappa shape index (κ3) is 4.21. The molecule has 1 fully saturated rings. The number of hydrogen-bond acceptors (Lipinski definition) is 6. The maximum atomic E-state index is 14.3. The van der Waals surface area contributed by atoms with Crippen molar-refractivity contribution in [3.05, 3.63) is 75.8 Å². The molecule has 36 heavy (non-hydrogen) atoms. The van der Waals surface area contributed by atoms with Gasteiger partial charge in [0, 0.05) is 49.1 Å². The van der Waals surface area contributed by atoms with E-state index in [1.54, 1.807) is 30.3 Å². The van der Waals surface area contributed by atoms with Gasteiger partial charge >= 0.3 is 0 Å². The number of rotatable bonds is 4. The second-order valence-corrected chi connectivity index (χ2v) is 9.38. The Balaban J connectivity index is 1.38. The topological polar surface area (TPSA) is 116 Å². The number of fused-ring (bicyclic) bond motifs is 1. The molecule has 2 unspecified atom stereocenters. The van der Waals surface area contributed by atoms with Crippen molar-refractivity contribution in [2.45, 2.75) is 51.1 Å². The Morgan fingerprint density at radius 3 is 2.69 bits per heavy atom. The number of carbonyl (C=O) groups is 4. The summed E-state index contributed by atoms with van der Waals surface area (Å²) in [5.41, 5.74) is 2.77. The van der Waals surface area contributed by atoms with Crippen molar-refractivity contribution in [2.24, 2.45) is 4.99 Å². The molecule has 184 valence electrons. The van der Waals surface area contributed by atoms with Gasteiger partial charge in [-0.3, -0.25) is 29.5 Å². The molecule has 3 aliphatic rings. The maximum absolute atomic E-state index is 14.3. The Hall–Kier alpha value is -4.14. The number of halogens is 1. The third-order valence-corrected chi connectivity index (χ3v) is 6.96. The van der Waals surface area contributed by atoms with Crippen LogP contribution >= 0.6 is 0 Å². The molecule has 2 aromatic carbocycles. The number of aryl methyl sites for hydroxylation is 1. The average molecular weight is 490 g/mol. The molecule has 5 rings (SSSR count). The minimum absolute atomic E-state index is 0.0421. The zero-order valence-electron chi connectivity index (χ0n) is 19.6. The van der Waals surface area contributed by atoms with Gasteiger partial charge in [0.2, 0.25) is 11.8 Å². The van der Waals surface area contributed by atoms with Crippen molar-refractivity contribution in [1.29, 1.82) is 0 Å². The summed E-state index contributed by atoms with van der Waals surface area (Å²) < 4.78 is 14.3. The summed E-state index contributed by atoms with van der Waals surface area (Å²) in [4.78, 5) is 55.4. The minimum atomic E-state index is -0.745. The number of benzene rings is 2. The SMILES string of the molecule is Cc1ccc(F)c(C2CC(=O)C(C=Nc3cccc4c3CN(C3CCC(=O)NC3=O)C4=O)=C(O)C2)c1. The molecule has 9 heteroatoms. The number of Topliss-reactive ketones (excluding diaryl/α,β-unsaturated/α-hetero) is 1. The lowest BCUT2D eigenvalue weighted by Crippen LogP contribution is -2.52. The van der Waals surface area contributed by atoms with E-state index in [-0.39, 0.29) is 61.2 Å². The van der Waals surface area contributed by atoms with Gasteiger partial charge in [0.15, 0.2) is 5.78 Å². The Morgan fingerprint density at radius 2 is 1.94 bits per heavy atom.